The van der Waals surface area contributed by atoms with E-state index in [1.54, 1.807) is 7.05 Å². The molecule has 1 aliphatic heterocycles. The van der Waals surface area contributed by atoms with Gasteiger partial charge in [-0.1, -0.05) is 0 Å². The van der Waals surface area contributed by atoms with Crippen molar-refractivity contribution in [2.75, 3.05) is 26.7 Å². The number of nitrogens with one attached hydrogen (secondary N) is 1. The first-order chi connectivity index (χ1) is 9.90. The number of hydrogen-bond acceptors (Lipinski definition) is 4. The van der Waals surface area contributed by atoms with Gasteiger partial charge in [-0.2, -0.15) is 4.31 Å². The first kappa shape index (κ1) is 16.0. The van der Waals surface area contributed by atoms with Gasteiger partial charge in [-0.25, -0.2) is 8.42 Å². The largest absolute Gasteiger partial charge is 0.354 e. The van der Waals surface area contributed by atoms with Crippen LogP contribution in [0.4, 0.5) is 0 Å². The van der Waals surface area contributed by atoms with Crippen LogP contribution < -0.4 is 11.1 Å². The second-order valence-corrected chi connectivity index (χ2v) is 7.30. The van der Waals surface area contributed by atoms with Gasteiger partial charge in [0.15, 0.2) is 0 Å². The number of carbonyl (C=O) groups excluding carboxylic acids is 1. The number of piperidine rings is 1. The predicted octanol–water partition coefficient (Wildman–Crippen LogP) is -0.256. The molecule has 3 N–H and O–H groups in total. The Morgan fingerprint density at radius 2 is 2.24 bits per heavy atom. The molecule has 1 aromatic rings. The number of nitrogens with zero attached hydrogens (tertiary/aromatic N) is 2. The highest BCUT2D eigenvalue weighted by Crippen LogP contribution is 2.24. The van der Waals surface area contributed by atoms with E-state index in [4.69, 9.17) is 5.73 Å². The first-order valence-corrected chi connectivity index (χ1v) is 8.42. The molecule has 0 radical (unpaired) electrons. The minimum Gasteiger partial charge on any atom is -0.354 e. The van der Waals surface area contributed by atoms with Gasteiger partial charge in [0.05, 0.1) is 0 Å². The van der Waals surface area contributed by atoms with E-state index in [2.05, 4.69) is 5.32 Å². The molecule has 0 bridgehead atoms. The molecule has 7 nitrogen and oxygen atoms in total. The van der Waals surface area contributed by atoms with Crippen molar-refractivity contribution in [2.24, 2.45) is 18.7 Å². The van der Waals surface area contributed by atoms with Crippen LogP contribution >= 0.6 is 0 Å². The lowest BCUT2D eigenvalue weighted by Gasteiger charge is -2.30. The van der Waals surface area contributed by atoms with Crippen LogP contribution in [-0.4, -0.2) is 49.9 Å². The normalized spacial score (nSPS) is 20.4. The third-order valence-corrected chi connectivity index (χ3v) is 5.72. The summed E-state index contributed by atoms with van der Waals surface area (Å²) in [6, 6.07) is 1.42. The van der Waals surface area contributed by atoms with Gasteiger partial charge in [0, 0.05) is 33.4 Å². The van der Waals surface area contributed by atoms with Gasteiger partial charge in [0.25, 0.3) is 5.91 Å². The van der Waals surface area contributed by atoms with Gasteiger partial charge in [-0.3, -0.25) is 4.79 Å². The molecule has 0 spiro atoms. The molecular formula is C13H22N4O3S. The van der Waals surface area contributed by atoms with Gasteiger partial charge in [0.1, 0.15) is 10.6 Å². The maximum absolute atomic E-state index is 12.7. The second-order valence-electron chi connectivity index (χ2n) is 5.36. The molecule has 1 fully saturated rings. The number of rotatable bonds is 4. The zero-order valence-electron chi connectivity index (χ0n) is 12.4. The topological polar surface area (TPSA) is 97.4 Å². The smallest absolute Gasteiger partial charge is 0.267 e. The molecule has 0 aromatic carbocycles. The average molecular weight is 314 g/mol. The van der Waals surface area contributed by atoms with E-state index in [0.29, 0.717) is 25.3 Å². The van der Waals surface area contributed by atoms with Crippen LogP contribution in [0, 0.1) is 5.92 Å². The molecular weight excluding hydrogens is 292 g/mol. The quantitative estimate of drug-likeness (QED) is 0.800. The lowest BCUT2D eigenvalue weighted by atomic mass is 10.0. The van der Waals surface area contributed by atoms with Crippen LogP contribution in [0.1, 0.15) is 23.3 Å². The van der Waals surface area contributed by atoms with Crippen molar-refractivity contribution in [1.82, 2.24) is 14.2 Å². The summed E-state index contributed by atoms with van der Waals surface area (Å²) in [6.45, 7) is 1.44. The summed E-state index contributed by atoms with van der Waals surface area (Å²) in [4.78, 5) is 11.8. The van der Waals surface area contributed by atoms with Crippen molar-refractivity contribution in [2.45, 2.75) is 17.7 Å². The summed E-state index contributed by atoms with van der Waals surface area (Å²) in [5, 5.41) is 2.50. The van der Waals surface area contributed by atoms with Crippen LogP contribution in [0.15, 0.2) is 17.2 Å². The van der Waals surface area contributed by atoms with Gasteiger partial charge in [-0.05, 0) is 31.4 Å². The zero-order chi connectivity index (χ0) is 15.6. The lowest BCUT2D eigenvalue weighted by molar-refractivity contribution is 0.0955. The van der Waals surface area contributed by atoms with E-state index >= 15 is 0 Å². The molecule has 0 saturated carbocycles. The number of sulfonamides is 1. The molecule has 1 saturated heterocycles. The summed E-state index contributed by atoms with van der Waals surface area (Å²) in [7, 11) is -0.402. The Morgan fingerprint density at radius 3 is 2.86 bits per heavy atom. The van der Waals surface area contributed by atoms with Crippen LogP contribution in [0.2, 0.25) is 0 Å². The van der Waals surface area contributed by atoms with Gasteiger partial charge < -0.3 is 15.6 Å². The zero-order valence-corrected chi connectivity index (χ0v) is 13.2. The molecule has 21 heavy (non-hydrogen) atoms. The highest BCUT2D eigenvalue weighted by atomic mass is 32.2. The third kappa shape index (κ3) is 3.12. The fourth-order valence-electron chi connectivity index (χ4n) is 2.62. The maximum Gasteiger partial charge on any atom is 0.267 e. The van der Waals surface area contributed by atoms with E-state index < -0.39 is 10.0 Å². The van der Waals surface area contributed by atoms with Crippen molar-refractivity contribution in [3.05, 3.63) is 18.0 Å². The Morgan fingerprint density at radius 1 is 1.52 bits per heavy atom. The molecule has 0 aliphatic carbocycles. The van der Waals surface area contributed by atoms with E-state index in [1.807, 2.05) is 0 Å². The second kappa shape index (κ2) is 6.17. The average Bonchev–Trinajstić information content (AvgIpc) is 2.89. The summed E-state index contributed by atoms with van der Waals surface area (Å²) in [5.74, 6) is -0.104. The van der Waals surface area contributed by atoms with Crippen LogP contribution in [0.25, 0.3) is 0 Å². The van der Waals surface area contributed by atoms with Crippen molar-refractivity contribution >= 4 is 15.9 Å². The van der Waals surface area contributed by atoms with E-state index in [9.17, 15) is 13.2 Å². The minimum absolute atomic E-state index is 0.154. The van der Waals surface area contributed by atoms with Gasteiger partial charge in [-0.15, -0.1) is 0 Å². The monoisotopic (exact) mass is 314 g/mol. The number of carbonyl (C=O) groups is 1. The number of hydrogen-bond donors (Lipinski definition) is 2. The first-order valence-electron chi connectivity index (χ1n) is 6.98. The maximum atomic E-state index is 12.7. The molecule has 1 atom stereocenters. The Balaban J connectivity index is 2.29. The van der Waals surface area contributed by atoms with E-state index in [1.165, 1.54) is 28.2 Å². The summed E-state index contributed by atoms with van der Waals surface area (Å²) in [5.41, 5.74) is 5.98. The Labute approximate surface area is 125 Å². The van der Waals surface area contributed by atoms with Gasteiger partial charge in [0.2, 0.25) is 10.0 Å². The summed E-state index contributed by atoms with van der Waals surface area (Å²) in [6.07, 6.45) is 3.25. The summed E-state index contributed by atoms with van der Waals surface area (Å²) < 4.78 is 28.3. The van der Waals surface area contributed by atoms with Crippen LogP contribution in [0.5, 0.6) is 0 Å². The Bertz CT molecular complexity index is 623. The number of nitrogens with two attached hydrogens (primary N) is 1. The Kier molecular flexibility index (Phi) is 4.70. The highest BCUT2D eigenvalue weighted by Gasteiger charge is 2.31. The lowest BCUT2D eigenvalue weighted by Crippen LogP contribution is -2.41. The number of amides is 1. The molecule has 1 amide bonds. The van der Waals surface area contributed by atoms with Crippen LogP contribution in [-0.2, 0) is 17.1 Å². The van der Waals surface area contributed by atoms with Crippen molar-refractivity contribution in [3.63, 3.8) is 0 Å². The predicted molar refractivity (Wildman–Crippen MR) is 79.3 cm³/mol. The molecule has 2 heterocycles. The fourth-order valence-corrected chi connectivity index (χ4v) is 4.24. The SMILES string of the molecule is CNC(=O)c1cc(S(=O)(=O)N2CCCC(CN)C2)cn1C. The van der Waals surface area contributed by atoms with E-state index in [-0.39, 0.29) is 16.7 Å². The molecule has 2 rings (SSSR count). The number of aryl methyl sites for hydroxylation is 1. The number of aromatic nitrogens is 1. The van der Waals surface area contributed by atoms with E-state index in [0.717, 1.165) is 12.8 Å². The van der Waals surface area contributed by atoms with Crippen molar-refractivity contribution in [1.29, 1.82) is 0 Å². The minimum atomic E-state index is -3.57. The highest BCUT2D eigenvalue weighted by molar-refractivity contribution is 7.89. The Hall–Kier alpha value is -1.38. The standard InChI is InChI=1S/C13H22N4O3S/c1-15-13(18)12-6-11(9-16(12)2)21(19,20)17-5-3-4-10(7-14)8-17/h6,9-10H,3-5,7-8,14H2,1-2H3,(H,15,18). The molecule has 118 valence electrons. The van der Waals surface area contributed by atoms with Crippen molar-refractivity contribution < 1.29 is 13.2 Å². The third-order valence-electron chi connectivity index (χ3n) is 3.89. The summed E-state index contributed by atoms with van der Waals surface area (Å²) >= 11 is 0. The fraction of sp³-hybridized carbons (Fsp3) is 0.615. The molecule has 8 heteroatoms. The molecule has 1 aromatic heterocycles. The van der Waals surface area contributed by atoms with Gasteiger partial charge >= 0.3 is 0 Å². The van der Waals surface area contributed by atoms with Crippen LogP contribution in [0.3, 0.4) is 0 Å². The van der Waals surface area contributed by atoms with Crippen molar-refractivity contribution in [3.8, 4) is 0 Å². The molecule has 1 unspecified atom stereocenters. The molecule has 1 aliphatic rings.